The van der Waals surface area contributed by atoms with E-state index < -0.39 is 15.8 Å². The molecule has 0 atom stereocenters. The highest BCUT2D eigenvalue weighted by Crippen LogP contribution is 2.36. The summed E-state index contributed by atoms with van der Waals surface area (Å²) < 4.78 is 29.8. The van der Waals surface area contributed by atoms with Gasteiger partial charge in [-0.2, -0.15) is 0 Å². The summed E-state index contributed by atoms with van der Waals surface area (Å²) in [5.41, 5.74) is 6.44. The Bertz CT molecular complexity index is 1450. The lowest BCUT2D eigenvalue weighted by molar-refractivity contribution is -0.138. The van der Waals surface area contributed by atoms with Gasteiger partial charge in [-0.1, -0.05) is 29.8 Å². The molecule has 1 aromatic heterocycles. The van der Waals surface area contributed by atoms with Gasteiger partial charge in [-0.3, -0.25) is 9.69 Å². The third-order valence-corrected chi connectivity index (χ3v) is 10.4. The Labute approximate surface area is 240 Å². The van der Waals surface area contributed by atoms with Crippen molar-refractivity contribution in [2.45, 2.75) is 46.3 Å². The van der Waals surface area contributed by atoms with Crippen LogP contribution in [-0.2, 0) is 27.8 Å². The first-order valence-corrected chi connectivity index (χ1v) is 16.5. The van der Waals surface area contributed by atoms with Crippen LogP contribution in [0.5, 0.6) is 5.75 Å². The topological polar surface area (TPSA) is 100 Å². The number of aliphatic carboxylic acids is 1. The van der Waals surface area contributed by atoms with Crippen LogP contribution in [0, 0.1) is 19.8 Å². The Kier molecular flexibility index (Phi) is 8.77. The van der Waals surface area contributed by atoms with Crippen LogP contribution in [0.15, 0.2) is 41.8 Å². The molecule has 2 saturated heterocycles. The van der Waals surface area contributed by atoms with Crippen LogP contribution in [0.1, 0.15) is 41.5 Å². The number of aromatic nitrogens is 1. The number of anilines is 1. The fourth-order valence-electron chi connectivity index (χ4n) is 5.42. The Morgan fingerprint density at radius 1 is 1.07 bits per heavy atom. The summed E-state index contributed by atoms with van der Waals surface area (Å²) in [6.07, 6.45) is 1.99. The van der Waals surface area contributed by atoms with E-state index in [-0.39, 0.29) is 23.8 Å². The lowest BCUT2D eigenvalue weighted by atomic mass is 9.94. The van der Waals surface area contributed by atoms with Crippen LogP contribution in [0.2, 0.25) is 0 Å². The molecule has 1 N–H and O–H groups in total. The number of ether oxygens (including phenoxy) is 1. The number of benzene rings is 2. The number of thiazole rings is 1. The summed E-state index contributed by atoms with van der Waals surface area (Å²) in [7, 11) is -2.88. The van der Waals surface area contributed by atoms with Crippen molar-refractivity contribution in [2.75, 3.05) is 42.6 Å². The maximum absolute atomic E-state index is 11.7. The molecule has 2 aliphatic heterocycles. The normalized spacial score (nSPS) is 18.1. The predicted molar refractivity (Wildman–Crippen MR) is 159 cm³/mol. The molecule has 40 heavy (non-hydrogen) atoms. The summed E-state index contributed by atoms with van der Waals surface area (Å²) in [5, 5.41) is 12.1. The number of hydrogen-bond donors (Lipinski definition) is 1. The summed E-state index contributed by atoms with van der Waals surface area (Å²) in [5.74, 6) is 0.794. The quantitative estimate of drug-likeness (QED) is 0.379. The molecule has 0 radical (unpaired) electrons. The Morgan fingerprint density at radius 3 is 2.52 bits per heavy atom. The second kappa shape index (κ2) is 12.3. The molecule has 2 fully saturated rings. The molecule has 5 rings (SSSR count). The summed E-state index contributed by atoms with van der Waals surface area (Å²) >= 11 is 1.62. The van der Waals surface area contributed by atoms with E-state index in [1.54, 1.807) is 11.3 Å². The fourth-order valence-corrected chi connectivity index (χ4v) is 7.58. The second-order valence-corrected chi connectivity index (χ2v) is 14.2. The van der Waals surface area contributed by atoms with Gasteiger partial charge < -0.3 is 14.7 Å². The molecule has 3 aromatic rings. The fraction of sp³-hybridized carbons (Fsp3) is 0.467. The highest BCUT2D eigenvalue weighted by Gasteiger charge is 2.24. The van der Waals surface area contributed by atoms with Crippen molar-refractivity contribution in [3.63, 3.8) is 0 Å². The standard InChI is InChI=1S/C30H37N3O5S2/c1-21-3-6-28(26(15-21)27-20-39-30(31-27)33-9-7-23(8-10-33)17-29(34)35)38-19-25-5-4-24(16-22(25)2)18-32-11-13-40(36,37)14-12-32/h3-6,15-16,20,23H,7-14,17-19H2,1-2H3,(H,34,35). The molecule has 0 aliphatic carbocycles. The summed E-state index contributed by atoms with van der Waals surface area (Å²) in [4.78, 5) is 20.5. The highest BCUT2D eigenvalue weighted by atomic mass is 32.2. The van der Waals surface area contributed by atoms with Crippen LogP contribution in [-0.4, -0.2) is 67.1 Å². The van der Waals surface area contributed by atoms with E-state index in [2.05, 4.69) is 53.3 Å². The minimum Gasteiger partial charge on any atom is -0.488 e. The van der Waals surface area contributed by atoms with Gasteiger partial charge in [-0.15, -0.1) is 11.3 Å². The summed E-state index contributed by atoms with van der Waals surface area (Å²) in [6, 6.07) is 12.6. The van der Waals surface area contributed by atoms with Gasteiger partial charge in [0.15, 0.2) is 15.0 Å². The van der Waals surface area contributed by atoms with E-state index in [0.717, 1.165) is 71.3 Å². The molecular weight excluding hydrogens is 546 g/mol. The third kappa shape index (κ3) is 7.21. The van der Waals surface area contributed by atoms with E-state index in [1.165, 1.54) is 5.56 Å². The maximum atomic E-state index is 11.7. The van der Waals surface area contributed by atoms with E-state index in [9.17, 15) is 13.2 Å². The molecule has 3 heterocycles. The van der Waals surface area contributed by atoms with Gasteiger partial charge in [0, 0.05) is 50.1 Å². The minimum absolute atomic E-state index is 0.239. The number of carboxylic acid groups (broad SMARTS) is 1. The number of aryl methyl sites for hydroxylation is 2. The number of rotatable bonds is 9. The molecule has 0 bridgehead atoms. The molecule has 214 valence electrons. The van der Waals surface area contributed by atoms with Crippen LogP contribution in [0.25, 0.3) is 11.3 Å². The van der Waals surface area contributed by atoms with Crippen LogP contribution in [0.3, 0.4) is 0 Å². The largest absolute Gasteiger partial charge is 0.488 e. The molecule has 0 spiro atoms. The average Bonchev–Trinajstić information content (AvgIpc) is 3.40. The monoisotopic (exact) mass is 583 g/mol. The number of sulfone groups is 1. The number of hydrogen-bond acceptors (Lipinski definition) is 8. The van der Waals surface area contributed by atoms with Gasteiger partial charge in [0.05, 0.1) is 17.2 Å². The van der Waals surface area contributed by atoms with Gasteiger partial charge >= 0.3 is 5.97 Å². The molecule has 0 unspecified atom stereocenters. The van der Waals surface area contributed by atoms with E-state index in [0.29, 0.717) is 19.7 Å². The average molecular weight is 584 g/mol. The summed E-state index contributed by atoms with van der Waals surface area (Å²) in [6.45, 7) is 8.18. The van der Waals surface area contributed by atoms with Crippen LogP contribution >= 0.6 is 11.3 Å². The van der Waals surface area contributed by atoms with Crippen molar-refractivity contribution in [3.8, 4) is 17.0 Å². The molecule has 0 saturated carbocycles. The van der Waals surface area contributed by atoms with E-state index >= 15 is 0 Å². The van der Waals surface area contributed by atoms with E-state index in [4.69, 9.17) is 14.8 Å². The van der Waals surface area contributed by atoms with Gasteiger partial charge in [-0.25, -0.2) is 13.4 Å². The lowest BCUT2D eigenvalue weighted by Gasteiger charge is -2.31. The molecule has 10 heteroatoms. The Hall–Kier alpha value is -2.95. The molecule has 2 aliphatic rings. The highest BCUT2D eigenvalue weighted by molar-refractivity contribution is 7.91. The van der Waals surface area contributed by atoms with Gasteiger partial charge in [0.25, 0.3) is 0 Å². The zero-order chi connectivity index (χ0) is 28.3. The van der Waals surface area contributed by atoms with Crippen molar-refractivity contribution in [3.05, 3.63) is 64.0 Å². The number of carboxylic acids is 1. The van der Waals surface area contributed by atoms with Gasteiger partial charge in [0.1, 0.15) is 12.4 Å². The van der Waals surface area contributed by atoms with Crippen molar-refractivity contribution in [2.24, 2.45) is 5.92 Å². The second-order valence-electron chi connectivity index (χ2n) is 11.0. The number of carbonyl (C=O) groups is 1. The van der Waals surface area contributed by atoms with Crippen molar-refractivity contribution in [1.29, 1.82) is 0 Å². The van der Waals surface area contributed by atoms with Crippen molar-refractivity contribution in [1.82, 2.24) is 9.88 Å². The van der Waals surface area contributed by atoms with Crippen LogP contribution < -0.4 is 9.64 Å². The third-order valence-electron chi connectivity index (χ3n) is 7.88. The first kappa shape index (κ1) is 28.6. The maximum Gasteiger partial charge on any atom is 0.303 e. The first-order valence-electron chi connectivity index (χ1n) is 13.8. The first-order chi connectivity index (χ1) is 19.1. The molecule has 0 amide bonds. The van der Waals surface area contributed by atoms with Crippen molar-refractivity contribution >= 4 is 32.3 Å². The molecule has 8 nitrogen and oxygen atoms in total. The molecule has 2 aromatic carbocycles. The van der Waals surface area contributed by atoms with E-state index in [1.807, 2.05) is 12.1 Å². The Balaban J connectivity index is 1.23. The lowest BCUT2D eigenvalue weighted by Crippen LogP contribution is -2.39. The van der Waals surface area contributed by atoms with Crippen LogP contribution in [0.4, 0.5) is 5.13 Å². The minimum atomic E-state index is -2.88. The zero-order valence-corrected chi connectivity index (χ0v) is 24.8. The zero-order valence-electron chi connectivity index (χ0n) is 23.1. The Morgan fingerprint density at radius 2 is 1.82 bits per heavy atom. The van der Waals surface area contributed by atoms with Gasteiger partial charge in [-0.05, 0) is 61.4 Å². The smallest absolute Gasteiger partial charge is 0.303 e. The van der Waals surface area contributed by atoms with Crippen molar-refractivity contribution < 1.29 is 23.1 Å². The number of piperidine rings is 1. The SMILES string of the molecule is Cc1ccc(OCc2ccc(CN3CCS(=O)(=O)CC3)cc2C)c(-c2csc(N3CCC(CC(=O)O)CC3)n2)c1. The number of nitrogens with zero attached hydrogens (tertiary/aromatic N) is 3. The predicted octanol–water partition coefficient (Wildman–Crippen LogP) is 4.93. The molecular formula is C30H37N3O5S2. The van der Waals surface area contributed by atoms with Gasteiger partial charge in [0.2, 0.25) is 0 Å².